The molecule has 1 aliphatic rings. The summed E-state index contributed by atoms with van der Waals surface area (Å²) in [5.74, 6) is 1.46. The molecule has 0 aliphatic carbocycles. The number of nitriles is 1. The summed E-state index contributed by atoms with van der Waals surface area (Å²) in [5, 5.41) is 10.3. The van der Waals surface area contributed by atoms with Crippen molar-refractivity contribution in [2.45, 2.75) is 25.3 Å². The quantitative estimate of drug-likeness (QED) is 0.600. The number of aromatic amines is 1. The molecule has 1 unspecified atom stereocenters. The van der Waals surface area contributed by atoms with Crippen LogP contribution < -0.4 is 10.3 Å². The summed E-state index contributed by atoms with van der Waals surface area (Å²) < 4.78 is 5.19. The molecule has 1 atom stereocenters. The molecule has 8 heteroatoms. The number of fused-ring (bicyclic) bond motifs is 1. The number of aromatic nitrogens is 2. The highest BCUT2D eigenvalue weighted by atomic mass is 16.5. The number of rotatable bonds is 7. The molecule has 33 heavy (non-hydrogen) atoms. The predicted octanol–water partition coefficient (Wildman–Crippen LogP) is 2.66. The summed E-state index contributed by atoms with van der Waals surface area (Å²) in [4.78, 5) is 36.2. The predicted molar refractivity (Wildman–Crippen MR) is 125 cm³/mol. The second kappa shape index (κ2) is 10.3. The minimum atomic E-state index is -0.344. The first kappa shape index (κ1) is 22.5. The molecule has 1 aliphatic heterocycles. The van der Waals surface area contributed by atoms with Crippen LogP contribution in [0.2, 0.25) is 0 Å². The lowest BCUT2D eigenvalue weighted by atomic mass is 10.1. The summed E-state index contributed by atoms with van der Waals surface area (Å²) >= 11 is 0. The number of H-pyrrole nitrogens is 1. The highest BCUT2D eigenvalue weighted by Crippen LogP contribution is 2.24. The molecule has 2 heterocycles. The van der Waals surface area contributed by atoms with Crippen molar-refractivity contribution >= 4 is 16.8 Å². The Morgan fingerprint density at radius 2 is 1.88 bits per heavy atom. The van der Waals surface area contributed by atoms with Gasteiger partial charge < -0.3 is 14.6 Å². The van der Waals surface area contributed by atoms with E-state index in [0.717, 1.165) is 11.3 Å². The summed E-state index contributed by atoms with van der Waals surface area (Å²) in [6.07, 6.45) is 1.56. The van der Waals surface area contributed by atoms with E-state index in [9.17, 15) is 14.9 Å². The van der Waals surface area contributed by atoms with Gasteiger partial charge in [0.25, 0.3) is 5.56 Å². The number of hydrogen-bond acceptors (Lipinski definition) is 6. The van der Waals surface area contributed by atoms with Crippen LogP contribution in [0.4, 0.5) is 0 Å². The van der Waals surface area contributed by atoms with Crippen molar-refractivity contribution < 1.29 is 9.53 Å². The molecule has 0 saturated carbocycles. The molecule has 1 saturated heterocycles. The average Bonchev–Trinajstić information content (AvgIpc) is 2.85. The lowest BCUT2D eigenvalue weighted by Gasteiger charge is -2.37. The molecular weight excluding hydrogens is 418 g/mol. The summed E-state index contributed by atoms with van der Waals surface area (Å²) in [5.41, 5.74) is 1.44. The van der Waals surface area contributed by atoms with Gasteiger partial charge in [-0.15, -0.1) is 0 Å². The summed E-state index contributed by atoms with van der Waals surface area (Å²) in [6, 6.07) is 16.8. The molecule has 0 bridgehead atoms. The Bertz CT molecular complexity index is 1210. The number of nitrogens with zero attached hydrogens (tertiary/aromatic N) is 4. The van der Waals surface area contributed by atoms with Gasteiger partial charge in [-0.3, -0.25) is 14.5 Å². The number of ether oxygens (including phenoxy) is 1. The average molecular weight is 446 g/mol. The first-order valence-corrected chi connectivity index (χ1v) is 11.1. The van der Waals surface area contributed by atoms with Gasteiger partial charge in [-0.2, -0.15) is 5.26 Å². The monoisotopic (exact) mass is 445 g/mol. The van der Waals surface area contributed by atoms with Crippen LogP contribution in [-0.2, 0) is 11.2 Å². The van der Waals surface area contributed by atoms with Gasteiger partial charge in [-0.1, -0.05) is 24.3 Å². The van der Waals surface area contributed by atoms with E-state index in [0.29, 0.717) is 62.2 Å². The number of nitrogens with one attached hydrogen (secondary N) is 1. The Morgan fingerprint density at radius 1 is 1.15 bits per heavy atom. The third kappa shape index (κ3) is 5.21. The largest absolute Gasteiger partial charge is 0.497 e. The Labute approximate surface area is 192 Å². The van der Waals surface area contributed by atoms with E-state index in [4.69, 9.17) is 4.74 Å². The number of carbonyl (C=O) groups excluding carboxylic acids is 1. The molecule has 1 amide bonds. The van der Waals surface area contributed by atoms with E-state index in [1.807, 2.05) is 47.4 Å². The number of amides is 1. The first-order chi connectivity index (χ1) is 16.1. The van der Waals surface area contributed by atoms with Gasteiger partial charge in [-0.25, -0.2) is 4.98 Å². The van der Waals surface area contributed by atoms with Gasteiger partial charge in [-0.05, 0) is 36.2 Å². The fraction of sp³-hybridized carbons (Fsp3) is 0.360. The van der Waals surface area contributed by atoms with Crippen molar-refractivity contribution in [3.05, 3.63) is 70.3 Å². The molecule has 0 radical (unpaired) electrons. The highest BCUT2D eigenvalue weighted by molar-refractivity contribution is 5.77. The zero-order chi connectivity index (χ0) is 23.2. The van der Waals surface area contributed by atoms with Crippen LogP contribution in [0.5, 0.6) is 5.75 Å². The molecule has 3 aromatic rings. The van der Waals surface area contributed by atoms with Crippen molar-refractivity contribution in [2.75, 3.05) is 33.3 Å². The van der Waals surface area contributed by atoms with Gasteiger partial charge in [0.15, 0.2) is 0 Å². The van der Waals surface area contributed by atoms with Crippen LogP contribution >= 0.6 is 0 Å². The number of para-hydroxylation sites is 1. The maximum atomic E-state index is 12.7. The van der Waals surface area contributed by atoms with E-state index in [1.165, 1.54) is 0 Å². The third-order valence-corrected chi connectivity index (χ3v) is 6.05. The number of hydrogen-bond donors (Lipinski definition) is 1. The molecule has 8 nitrogen and oxygen atoms in total. The number of carbonyl (C=O) groups is 1. The number of benzene rings is 2. The second-order valence-corrected chi connectivity index (χ2v) is 8.10. The van der Waals surface area contributed by atoms with Gasteiger partial charge in [0.2, 0.25) is 5.91 Å². The molecular formula is C25H27N5O3. The fourth-order valence-electron chi connectivity index (χ4n) is 4.20. The van der Waals surface area contributed by atoms with Crippen LogP contribution in [0.1, 0.15) is 30.3 Å². The molecule has 1 fully saturated rings. The molecule has 1 aromatic heterocycles. The maximum absolute atomic E-state index is 12.7. The highest BCUT2D eigenvalue weighted by Gasteiger charge is 2.27. The normalized spacial score (nSPS) is 15.2. The van der Waals surface area contributed by atoms with Crippen LogP contribution in [-0.4, -0.2) is 59.0 Å². The van der Waals surface area contributed by atoms with E-state index >= 15 is 0 Å². The second-order valence-electron chi connectivity index (χ2n) is 8.10. The van der Waals surface area contributed by atoms with Gasteiger partial charge in [0.05, 0.1) is 24.1 Å². The number of piperazine rings is 1. The molecule has 4 rings (SSSR count). The van der Waals surface area contributed by atoms with Crippen LogP contribution in [0.3, 0.4) is 0 Å². The lowest BCUT2D eigenvalue weighted by Crippen LogP contribution is -2.49. The molecule has 1 N–H and O–H groups in total. The third-order valence-electron chi connectivity index (χ3n) is 6.05. The first-order valence-electron chi connectivity index (χ1n) is 11.1. The van der Waals surface area contributed by atoms with Crippen molar-refractivity contribution in [1.29, 1.82) is 5.26 Å². The van der Waals surface area contributed by atoms with Crippen molar-refractivity contribution in [3.8, 4) is 11.8 Å². The van der Waals surface area contributed by atoms with Gasteiger partial charge >= 0.3 is 0 Å². The smallest absolute Gasteiger partial charge is 0.258 e. The Kier molecular flexibility index (Phi) is 7.01. The maximum Gasteiger partial charge on any atom is 0.258 e. The van der Waals surface area contributed by atoms with Crippen LogP contribution in [0, 0.1) is 11.3 Å². The minimum Gasteiger partial charge on any atom is -0.497 e. The zero-order valence-electron chi connectivity index (χ0n) is 18.7. The standard InChI is InChI=1S/C25H27N5O3/c1-33-19-11-9-18(10-12-19)22(17-26)29-13-15-30(16-14-29)24(31)8-4-7-23-27-21-6-3-2-5-20(21)25(32)28-23/h2-3,5-6,9-12,22H,4,7-8,13-16H2,1H3,(H,27,28,32). The van der Waals surface area contributed by atoms with Gasteiger partial charge in [0.1, 0.15) is 17.6 Å². The zero-order valence-corrected chi connectivity index (χ0v) is 18.7. The Balaban J connectivity index is 1.28. The fourth-order valence-corrected chi connectivity index (χ4v) is 4.20. The Hall–Kier alpha value is -3.70. The SMILES string of the molecule is COc1ccc(C(C#N)N2CCN(C(=O)CCCc3nc4ccccc4c(=O)[nH]3)CC2)cc1. The van der Waals surface area contributed by atoms with Crippen molar-refractivity contribution in [1.82, 2.24) is 19.8 Å². The molecule has 2 aromatic carbocycles. The van der Waals surface area contributed by atoms with E-state index in [-0.39, 0.29) is 17.5 Å². The van der Waals surface area contributed by atoms with E-state index in [2.05, 4.69) is 20.9 Å². The topological polar surface area (TPSA) is 102 Å². The summed E-state index contributed by atoms with van der Waals surface area (Å²) in [7, 11) is 1.62. The minimum absolute atomic E-state index is 0.0933. The van der Waals surface area contributed by atoms with Crippen molar-refractivity contribution in [3.63, 3.8) is 0 Å². The summed E-state index contributed by atoms with van der Waals surface area (Å²) in [6.45, 7) is 2.49. The number of aryl methyl sites for hydroxylation is 1. The van der Waals surface area contributed by atoms with Crippen LogP contribution in [0.25, 0.3) is 10.9 Å². The molecule has 0 spiro atoms. The van der Waals surface area contributed by atoms with Gasteiger partial charge in [0, 0.05) is 39.0 Å². The Morgan fingerprint density at radius 3 is 2.58 bits per heavy atom. The lowest BCUT2D eigenvalue weighted by molar-refractivity contribution is -0.133. The molecule has 170 valence electrons. The van der Waals surface area contributed by atoms with Crippen molar-refractivity contribution in [2.24, 2.45) is 0 Å². The van der Waals surface area contributed by atoms with E-state index < -0.39 is 0 Å². The van der Waals surface area contributed by atoms with Crippen LogP contribution in [0.15, 0.2) is 53.3 Å². The number of methoxy groups -OCH3 is 1. The van der Waals surface area contributed by atoms with E-state index in [1.54, 1.807) is 13.2 Å².